The van der Waals surface area contributed by atoms with E-state index in [4.69, 9.17) is 18.9 Å². The number of aliphatic hydroxyl groups excluding tert-OH is 8. The Morgan fingerprint density at radius 2 is 0.810 bits per heavy atom. The standard InChI is InChI=1S/C65H123NO13/c1-3-5-7-9-11-13-15-17-19-20-21-22-23-24-25-26-27-28-29-30-31-32-33-35-37-39-41-43-45-47-49-57(70)66-53(54(69)48-46-44-42-40-38-36-34-18-16-14-12-10-8-6-4-2)52-76-64-62(75)60(73)63(56(51-68)78-64)79-65-61(74)59(72)58(71)55(50-67)77-65/h38,40,46,48,53-56,58-65,67-69,71-75H,3-37,39,41-45,47,49-52H2,1-2H3,(H,66,70)/b40-38+,48-46+. The molecule has 0 aromatic heterocycles. The van der Waals surface area contributed by atoms with E-state index in [0.717, 1.165) is 32.1 Å². The van der Waals surface area contributed by atoms with Crippen molar-refractivity contribution in [1.82, 2.24) is 5.32 Å². The van der Waals surface area contributed by atoms with Crippen LogP contribution in [0.5, 0.6) is 0 Å². The Hall–Kier alpha value is -1.53. The molecule has 1 amide bonds. The van der Waals surface area contributed by atoms with Crippen LogP contribution in [-0.4, -0.2) is 140 Å². The van der Waals surface area contributed by atoms with Crippen molar-refractivity contribution in [1.29, 1.82) is 0 Å². The van der Waals surface area contributed by atoms with Crippen molar-refractivity contribution >= 4 is 5.91 Å². The maximum atomic E-state index is 13.3. The van der Waals surface area contributed by atoms with E-state index < -0.39 is 86.8 Å². The molecule has 12 unspecified atom stereocenters. The molecule has 0 aromatic carbocycles. The highest BCUT2D eigenvalue weighted by Crippen LogP contribution is 2.30. The third-order valence-electron chi connectivity index (χ3n) is 16.4. The van der Waals surface area contributed by atoms with Crippen molar-refractivity contribution in [3.05, 3.63) is 24.3 Å². The molecule has 12 atom stereocenters. The summed E-state index contributed by atoms with van der Waals surface area (Å²) in [7, 11) is 0. The molecule has 2 fully saturated rings. The molecule has 79 heavy (non-hydrogen) atoms. The number of ether oxygens (including phenoxy) is 4. The number of hydrogen-bond donors (Lipinski definition) is 9. The zero-order valence-electron chi connectivity index (χ0n) is 50.4. The van der Waals surface area contributed by atoms with Gasteiger partial charge < -0.3 is 65.1 Å². The summed E-state index contributed by atoms with van der Waals surface area (Å²) in [5.41, 5.74) is 0. The van der Waals surface area contributed by atoms with E-state index in [-0.39, 0.29) is 18.9 Å². The molecular weight excluding hydrogens is 1000 g/mol. The van der Waals surface area contributed by atoms with Crippen molar-refractivity contribution in [2.45, 2.75) is 364 Å². The van der Waals surface area contributed by atoms with Gasteiger partial charge in [0.2, 0.25) is 5.91 Å². The van der Waals surface area contributed by atoms with E-state index >= 15 is 0 Å². The monoisotopic (exact) mass is 1130 g/mol. The molecule has 2 rings (SSSR count). The van der Waals surface area contributed by atoms with E-state index in [1.807, 2.05) is 6.08 Å². The Morgan fingerprint density at radius 1 is 0.443 bits per heavy atom. The summed E-state index contributed by atoms with van der Waals surface area (Å²) in [5.74, 6) is -0.243. The molecule has 14 heteroatoms. The van der Waals surface area contributed by atoms with Crippen molar-refractivity contribution in [2.24, 2.45) is 0 Å². The smallest absolute Gasteiger partial charge is 0.220 e. The van der Waals surface area contributed by atoms with Gasteiger partial charge in [0, 0.05) is 6.42 Å². The number of hydrogen-bond acceptors (Lipinski definition) is 13. The fraction of sp³-hybridized carbons (Fsp3) is 0.923. The van der Waals surface area contributed by atoms with Gasteiger partial charge in [-0.3, -0.25) is 4.79 Å². The van der Waals surface area contributed by atoms with Crippen LogP contribution in [0.25, 0.3) is 0 Å². The van der Waals surface area contributed by atoms with Crippen LogP contribution in [0.15, 0.2) is 24.3 Å². The highest BCUT2D eigenvalue weighted by Gasteiger charge is 2.51. The van der Waals surface area contributed by atoms with Gasteiger partial charge in [-0.05, 0) is 32.1 Å². The van der Waals surface area contributed by atoms with Gasteiger partial charge in [0.25, 0.3) is 0 Å². The number of rotatable bonds is 54. The van der Waals surface area contributed by atoms with Gasteiger partial charge in [-0.25, -0.2) is 0 Å². The molecule has 2 aliphatic rings. The Morgan fingerprint density at radius 3 is 1.24 bits per heavy atom. The lowest BCUT2D eigenvalue weighted by molar-refractivity contribution is -0.359. The fourth-order valence-electron chi connectivity index (χ4n) is 11.1. The lowest BCUT2D eigenvalue weighted by Gasteiger charge is -2.46. The highest BCUT2D eigenvalue weighted by atomic mass is 16.7. The van der Waals surface area contributed by atoms with Gasteiger partial charge in [0.15, 0.2) is 12.6 Å². The van der Waals surface area contributed by atoms with Crippen molar-refractivity contribution in [2.75, 3.05) is 19.8 Å². The number of amides is 1. The minimum Gasteiger partial charge on any atom is -0.394 e. The van der Waals surface area contributed by atoms with Crippen molar-refractivity contribution in [3.8, 4) is 0 Å². The molecule has 0 saturated carbocycles. The molecule has 466 valence electrons. The Balaban J connectivity index is 1.66. The first kappa shape index (κ1) is 73.6. The normalized spacial score (nSPS) is 24.5. The first-order chi connectivity index (χ1) is 38.6. The Kier molecular flexibility index (Phi) is 47.4. The van der Waals surface area contributed by atoms with Crippen LogP contribution in [0.3, 0.4) is 0 Å². The molecule has 9 N–H and O–H groups in total. The number of aliphatic hydroxyl groups is 8. The Bertz CT molecular complexity index is 1420. The average Bonchev–Trinajstić information content (AvgIpc) is 3.48. The Labute approximate surface area is 481 Å². The third-order valence-corrected chi connectivity index (χ3v) is 16.4. The maximum Gasteiger partial charge on any atom is 0.220 e. The quantitative estimate of drug-likeness (QED) is 0.0204. The van der Waals surface area contributed by atoms with Crippen molar-refractivity contribution in [3.63, 3.8) is 0 Å². The number of carbonyl (C=O) groups is 1. The summed E-state index contributed by atoms with van der Waals surface area (Å²) in [5, 5.41) is 87.1. The van der Waals surface area contributed by atoms with E-state index in [1.165, 1.54) is 225 Å². The largest absolute Gasteiger partial charge is 0.394 e. The summed E-state index contributed by atoms with van der Waals surface area (Å²) >= 11 is 0. The molecule has 2 saturated heterocycles. The minimum absolute atomic E-state index is 0.243. The second-order valence-corrected chi connectivity index (χ2v) is 23.6. The van der Waals surface area contributed by atoms with Crippen LogP contribution in [0.4, 0.5) is 0 Å². The van der Waals surface area contributed by atoms with Gasteiger partial charge >= 0.3 is 0 Å². The maximum absolute atomic E-state index is 13.3. The van der Waals surface area contributed by atoms with Crippen LogP contribution in [0.2, 0.25) is 0 Å². The first-order valence-electron chi connectivity index (χ1n) is 33.1. The van der Waals surface area contributed by atoms with Gasteiger partial charge in [0.1, 0.15) is 48.8 Å². The predicted molar refractivity (Wildman–Crippen MR) is 318 cm³/mol. The topological polar surface area (TPSA) is 228 Å². The van der Waals surface area contributed by atoms with Crippen LogP contribution < -0.4 is 5.32 Å². The number of unbranched alkanes of at least 4 members (excludes halogenated alkanes) is 39. The summed E-state index contributed by atoms with van der Waals surface area (Å²) < 4.78 is 22.8. The van der Waals surface area contributed by atoms with Crippen molar-refractivity contribution < 1.29 is 64.6 Å². The third kappa shape index (κ3) is 36.0. The minimum atomic E-state index is -1.79. The molecule has 0 radical (unpaired) electrons. The second kappa shape index (κ2) is 50.9. The van der Waals surface area contributed by atoms with Gasteiger partial charge in [-0.1, -0.05) is 276 Å². The molecule has 0 aliphatic carbocycles. The fourth-order valence-corrected chi connectivity index (χ4v) is 11.1. The molecule has 2 aliphatic heterocycles. The number of allylic oxidation sites excluding steroid dienone is 3. The number of carbonyl (C=O) groups excluding carboxylic acids is 1. The lowest BCUT2D eigenvalue weighted by atomic mass is 9.97. The first-order valence-corrected chi connectivity index (χ1v) is 33.1. The molecule has 0 bridgehead atoms. The van der Waals surface area contributed by atoms with Crippen LogP contribution in [0.1, 0.15) is 290 Å². The van der Waals surface area contributed by atoms with E-state index in [2.05, 4.69) is 31.3 Å². The highest BCUT2D eigenvalue weighted by molar-refractivity contribution is 5.76. The summed E-state index contributed by atoms with van der Waals surface area (Å²) in [6, 6.07) is -0.928. The van der Waals surface area contributed by atoms with Gasteiger partial charge in [-0.2, -0.15) is 0 Å². The van der Waals surface area contributed by atoms with Gasteiger partial charge in [-0.15, -0.1) is 0 Å². The SMILES string of the molecule is CCCCCCCCCCC/C=C/CC/C=C/C(O)C(COC1OC(CO)C(OC2OC(CO)C(O)C(O)C2O)C(O)C1O)NC(=O)CCCCCCCCCCCCCCCCCCCCCCCCCCCCCCCC. The van der Waals surface area contributed by atoms with E-state index in [9.17, 15) is 45.6 Å². The van der Waals surface area contributed by atoms with E-state index in [0.29, 0.717) is 12.8 Å². The molecule has 0 aromatic rings. The van der Waals surface area contributed by atoms with Crippen LogP contribution in [0, 0.1) is 0 Å². The van der Waals surface area contributed by atoms with Crippen LogP contribution in [-0.2, 0) is 23.7 Å². The summed E-state index contributed by atoms with van der Waals surface area (Å²) in [6.45, 7) is 2.81. The molecule has 14 nitrogen and oxygen atoms in total. The van der Waals surface area contributed by atoms with E-state index in [1.54, 1.807) is 6.08 Å². The molecule has 0 spiro atoms. The summed E-state index contributed by atoms with van der Waals surface area (Å²) in [6.07, 6.45) is 45.3. The molecule has 2 heterocycles. The lowest BCUT2D eigenvalue weighted by Crippen LogP contribution is -2.65. The number of nitrogens with one attached hydrogen (secondary N) is 1. The van der Waals surface area contributed by atoms with Gasteiger partial charge in [0.05, 0.1) is 32.0 Å². The second-order valence-electron chi connectivity index (χ2n) is 23.6. The average molecular weight is 1130 g/mol. The van der Waals surface area contributed by atoms with Crippen LogP contribution >= 0.6 is 0 Å². The predicted octanol–water partition coefficient (Wildman–Crippen LogP) is 12.4. The zero-order valence-corrected chi connectivity index (χ0v) is 50.4. The molecular formula is C65H123NO13. The zero-order chi connectivity index (χ0) is 57.4. The summed E-state index contributed by atoms with van der Waals surface area (Å²) in [4.78, 5) is 13.3.